The minimum Gasteiger partial charge on any atom is -0.505 e. The van der Waals surface area contributed by atoms with Crippen molar-refractivity contribution in [3.8, 4) is 0 Å². The molecule has 9 atom stereocenters. The molecule has 0 radical (unpaired) electrons. The standard InChI is InChI=1S/C49H60O3/c1-33(2)37-25-28-48(32-52-49(34-17-11-8-12-18-34,35-19-13-9-14-20-35)36-21-15-10-16-22-36)30-29-46(6)38(42(37)48)23-24-41-45(5)31-39(50)43(51)44(3,4)40(45)26-27-47(41,46)7/h8-22,31,37-38,40-42,50H,1,23-30,32H2,2-7H3/t37-,38+,40-,41+,42+,45-,46+,47+,48+/m0/s1. The molecule has 0 heterocycles. The number of hydrogen-bond donors (Lipinski definition) is 1. The van der Waals surface area contributed by atoms with Crippen LogP contribution in [0.5, 0.6) is 0 Å². The summed E-state index contributed by atoms with van der Waals surface area (Å²) < 4.78 is 7.74. The van der Waals surface area contributed by atoms with Crippen molar-refractivity contribution in [3.05, 3.63) is 132 Å². The topological polar surface area (TPSA) is 46.5 Å². The van der Waals surface area contributed by atoms with E-state index in [1.165, 1.54) is 47.9 Å². The number of ether oxygens (including phenoxy) is 1. The zero-order valence-corrected chi connectivity index (χ0v) is 32.5. The first-order valence-electron chi connectivity index (χ1n) is 20.2. The molecule has 0 aliphatic heterocycles. The van der Waals surface area contributed by atoms with Crippen molar-refractivity contribution in [2.45, 2.75) is 98.5 Å². The molecule has 3 aromatic rings. The van der Waals surface area contributed by atoms with Crippen LogP contribution in [-0.2, 0) is 15.1 Å². The van der Waals surface area contributed by atoms with Gasteiger partial charge in [-0.3, -0.25) is 4.79 Å². The number of carbonyl (C=O) groups excluding carboxylic acids is 1. The van der Waals surface area contributed by atoms with Crippen LogP contribution in [0.15, 0.2) is 115 Å². The average molecular weight is 697 g/mol. The Morgan fingerprint density at radius 3 is 1.83 bits per heavy atom. The first-order chi connectivity index (χ1) is 24.7. The number of aliphatic hydroxyl groups excluding tert-OH is 1. The molecule has 274 valence electrons. The first kappa shape index (κ1) is 35.6. The van der Waals surface area contributed by atoms with Crippen LogP contribution in [-0.4, -0.2) is 17.5 Å². The Morgan fingerprint density at radius 2 is 1.29 bits per heavy atom. The summed E-state index contributed by atoms with van der Waals surface area (Å²) in [5.41, 5.74) is 3.64. The summed E-state index contributed by atoms with van der Waals surface area (Å²) in [6, 6.07) is 32.6. The molecule has 3 aromatic carbocycles. The molecule has 5 aliphatic rings. The fourth-order valence-corrected chi connectivity index (χ4v) is 14.0. The Balaban J connectivity index is 1.20. The summed E-state index contributed by atoms with van der Waals surface area (Å²) in [5.74, 6) is 2.13. The van der Waals surface area contributed by atoms with E-state index in [-0.39, 0.29) is 39.1 Å². The van der Waals surface area contributed by atoms with Crippen LogP contribution in [0, 0.1) is 56.7 Å². The lowest BCUT2D eigenvalue weighted by molar-refractivity contribution is -0.226. The van der Waals surface area contributed by atoms with E-state index >= 15 is 0 Å². The number of Topliss-reactive ketones (excluding diaryl/α,β-unsaturated/α-hetero) is 1. The second-order valence-electron chi connectivity index (χ2n) is 19.1. The number of ketones is 1. The number of allylic oxidation sites excluding steroid dienone is 3. The van der Waals surface area contributed by atoms with Crippen LogP contribution in [0.3, 0.4) is 0 Å². The Kier molecular flexibility index (Phi) is 8.42. The third kappa shape index (κ3) is 4.83. The predicted molar refractivity (Wildman–Crippen MR) is 211 cm³/mol. The highest BCUT2D eigenvalue weighted by molar-refractivity contribution is 5.98. The molecule has 8 rings (SSSR count). The van der Waals surface area contributed by atoms with Gasteiger partial charge >= 0.3 is 0 Å². The number of hydrogen-bond acceptors (Lipinski definition) is 3. The quantitative estimate of drug-likeness (QED) is 0.198. The summed E-state index contributed by atoms with van der Waals surface area (Å²) >= 11 is 0. The van der Waals surface area contributed by atoms with E-state index in [2.05, 4.69) is 139 Å². The van der Waals surface area contributed by atoms with Crippen molar-refractivity contribution in [1.82, 2.24) is 0 Å². The van der Waals surface area contributed by atoms with Gasteiger partial charge in [-0.2, -0.15) is 0 Å². The fraction of sp³-hybridized carbons (Fsp3) is 0.531. The maximum absolute atomic E-state index is 13.3. The van der Waals surface area contributed by atoms with Crippen LogP contribution >= 0.6 is 0 Å². The highest BCUT2D eigenvalue weighted by atomic mass is 16.5. The zero-order chi connectivity index (χ0) is 36.7. The van der Waals surface area contributed by atoms with E-state index in [0.717, 1.165) is 25.7 Å². The van der Waals surface area contributed by atoms with Gasteiger partial charge in [-0.05, 0) is 132 Å². The SMILES string of the molecule is C=C(C)[C@@H]1CC[C@]2(COC(c3ccccc3)(c3ccccc3)c3ccccc3)CC[C@]3(C)[C@H](CC[C@@H]4[C@@]5(C)C=C(O)C(=O)C(C)(C)[C@@H]5CC[C@]43C)[C@@H]12. The van der Waals surface area contributed by atoms with E-state index in [1.807, 2.05) is 6.08 Å². The van der Waals surface area contributed by atoms with Crippen molar-refractivity contribution in [1.29, 1.82) is 0 Å². The van der Waals surface area contributed by atoms with Gasteiger partial charge in [-0.15, -0.1) is 0 Å². The molecular formula is C49H60O3. The summed E-state index contributed by atoms with van der Waals surface area (Å²) in [7, 11) is 0. The summed E-state index contributed by atoms with van der Waals surface area (Å²) in [4.78, 5) is 13.3. The zero-order valence-electron chi connectivity index (χ0n) is 32.5. The normalized spacial score (nSPS) is 37.9. The molecule has 4 saturated carbocycles. The molecule has 0 saturated heterocycles. The van der Waals surface area contributed by atoms with Gasteiger partial charge < -0.3 is 9.84 Å². The van der Waals surface area contributed by atoms with Crippen LogP contribution in [0.2, 0.25) is 0 Å². The van der Waals surface area contributed by atoms with Crippen molar-refractivity contribution < 1.29 is 14.6 Å². The lowest BCUT2D eigenvalue weighted by Crippen LogP contribution is -2.66. The minimum atomic E-state index is -0.735. The maximum Gasteiger partial charge on any atom is 0.202 e. The van der Waals surface area contributed by atoms with Gasteiger partial charge in [0, 0.05) is 5.41 Å². The van der Waals surface area contributed by atoms with E-state index < -0.39 is 11.0 Å². The predicted octanol–water partition coefficient (Wildman–Crippen LogP) is 11.9. The van der Waals surface area contributed by atoms with Gasteiger partial charge in [-0.25, -0.2) is 0 Å². The molecule has 0 amide bonds. The number of rotatable bonds is 7. The van der Waals surface area contributed by atoms with Gasteiger partial charge in [0.15, 0.2) is 5.76 Å². The lowest BCUT2D eigenvalue weighted by atomic mass is 9.33. The Hall–Kier alpha value is -3.43. The highest BCUT2D eigenvalue weighted by Crippen LogP contribution is 2.77. The van der Waals surface area contributed by atoms with Gasteiger partial charge in [-0.1, -0.05) is 138 Å². The number of benzene rings is 3. The molecule has 0 bridgehead atoms. The Labute approximate surface area is 313 Å². The molecule has 0 unspecified atom stereocenters. The Morgan fingerprint density at radius 1 is 0.731 bits per heavy atom. The monoisotopic (exact) mass is 696 g/mol. The second kappa shape index (κ2) is 12.3. The van der Waals surface area contributed by atoms with E-state index in [4.69, 9.17) is 4.74 Å². The van der Waals surface area contributed by atoms with Crippen LogP contribution in [0.25, 0.3) is 0 Å². The average Bonchev–Trinajstić information content (AvgIpc) is 3.53. The molecule has 0 spiro atoms. The van der Waals surface area contributed by atoms with Gasteiger partial charge in [0.25, 0.3) is 0 Å². The molecular weight excluding hydrogens is 637 g/mol. The number of fused-ring (bicyclic) bond motifs is 7. The molecule has 4 fully saturated rings. The van der Waals surface area contributed by atoms with Crippen molar-refractivity contribution in [2.24, 2.45) is 56.7 Å². The third-order valence-corrected chi connectivity index (χ3v) is 16.7. The largest absolute Gasteiger partial charge is 0.505 e. The molecule has 52 heavy (non-hydrogen) atoms. The smallest absolute Gasteiger partial charge is 0.202 e. The molecule has 3 heteroatoms. The molecule has 1 N–H and O–H groups in total. The van der Waals surface area contributed by atoms with Crippen molar-refractivity contribution >= 4 is 5.78 Å². The molecule has 3 nitrogen and oxygen atoms in total. The third-order valence-electron chi connectivity index (χ3n) is 16.7. The Bertz CT molecular complexity index is 1760. The molecule has 5 aliphatic carbocycles. The second-order valence-corrected chi connectivity index (χ2v) is 19.1. The highest BCUT2D eigenvalue weighted by Gasteiger charge is 2.71. The van der Waals surface area contributed by atoms with Crippen LogP contribution < -0.4 is 0 Å². The van der Waals surface area contributed by atoms with E-state index in [9.17, 15) is 9.90 Å². The number of aliphatic hydroxyl groups is 1. The summed E-state index contributed by atoms with van der Waals surface area (Å²) in [5, 5.41) is 11.1. The van der Waals surface area contributed by atoms with Gasteiger partial charge in [0.2, 0.25) is 5.78 Å². The lowest BCUT2D eigenvalue weighted by Gasteiger charge is -2.71. The fourth-order valence-electron chi connectivity index (χ4n) is 14.0. The summed E-state index contributed by atoms with van der Waals surface area (Å²) in [6.45, 7) is 19.5. The van der Waals surface area contributed by atoms with Crippen molar-refractivity contribution in [2.75, 3.05) is 6.61 Å². The van der Waals surface area contributed by atoms with Gasteiger partial charge in [0.05, 0.1) is 6.61 Å². The van der Waals surface area contributed by atoms with Crippen LogP contribution in [0.4, 0.5) is 0 Å². The molecule has 0 aromatic heterocycles. The summed E-state index contributed by atoms with van der Waals surface area (Å²) in [6.07, 6.45) is 11.2. The van der Waals surface area contributed by atoms with E-state index in [1.54, 1.807) is 0 Å². The minimum absolute atomic E-state index is 0.00282. The van der Waals surface area contributed by atoms with Crippen LogP contribution in [0.1, 0.15) is 110 Å². The van der Waals surface area contributed by atoms with E-state index in [0.29, 0.717) is 30.3 Å². The maximum atomic E-state index is 13.3. The van der Waals surface area contributed by atoms with Gasteiger partial charge in [0.1, 0.15) is 5.60 Å². The van der Waals surface area contributed by atoms with Crippen molar-refractivity contribution in [3.63, 3.8) is 0 Å². The number of carbonyl (C=O) groups is 1. The first-order valence-corrected chi connectivity index (χ1v) is 20.2.